The van der Waals surface area contributed by atoms with Gasteiger partial charge in [-0.3, -0.25) is 9.36 Å². The Morgan fingerprint density at radius 1 is 1.19 bits per heavy atom. The second-order valence-electron chi connectivity index (χ2n) is 6.82. The second kappa shape index (κ2) is 9.55. The van der Waals surface area contributed by atoms with Crippen LogP contribution in [0.25, 0.3) is 5.69 Å². The fourth-order valence-electron chi connectivity index (χ4n) is 3.22. The van der Waals surface area contributed by atoms with Gasteiger partial charge in [-0.2, -0.15) is 0 Å². The maximum Gasteiger partial charge on any atom is 0.359 e. The van der Waals surface area contributed by atoms with Crippen molar-refractivity contribution in [3.63, 3.8) is 0 Å². The largest absolute Gasteiger partial charge is 0.455 e. The molecule has 160 valence electrons. The fraction of sp³-hybridized carbons (Fsp3) is 0.227. The lowest BCUT2D eigenvalue weighted by molar-refractivity contribution is 0.0262. The molecule has 2 heterocycles. The van der Waals surface area contributed by atoms with Gasteiger partial charge in [0.2, 0.25) is 0 Å². The van der Waals surface area contributed by atoms with E-state index < -0.39 is 11.9 Å². The fourth-order valence-corrected chi connectivity index (χ4v) is 3.91. The van der Waals surface area contributed by atoms with E-state index in [9.17, 15) is 9.59 Å². The first-order valence-corrected chi connectivity index (χ1v) is 11.2. The van der Waals surface area contributed by atoms with Crippen LogP contribution in [0.1, 0.15) is 27.3 Å². The molecule has 9 heteroatoms. The maximum atomic E-state index is 13.2. The molecule has 1 aromatic heterocycles. The number of hydrogen-bond donors (Lipinski definition) is 1. The molecule has 2 aromatic carbocycles. The first-order chi connectivity index (χ1) is 15.1. The molecule has 3 aromatic rings. The van der Waals surface area contributed by atoms with Crippen molar-refractivity contribution in [3.05, 3.63) is 70.9 Å². The zero-order valence-corrected chi connectivity index (χ0v) is 18.3. The number of halogens is 1. The molecule has 0 bridgehead atoms. The number of imidazole rings is 1. The number of anilines is 1. The van der Waals surface area contributed by atoms with Crippen LogP contribution in [-0.4, -0.2) is 47.0 Å². The zero-order valence-electron chi connectivity index (χ0n) is 16.7. The van der Waals surface area contributed by atoms with Crippen LogP contribution in [0.5, 0.6) is 0 Å². The average Bonchev–Trinajstić information content (AvgIpc) is 3.42. The molecule has 0 saturated carbocycles. The van der Waals surface area contributed by atoms with Gasteiger partial charge in [0.25, 0.3) is 5.91 Å². The predicted octanol–water partition coefficient (Wildman–Crippen LogP) is 4.45. The summed E-state index contributed by atoms with van der Waals surface area (Å²) in [5.41, 5.74) is 1.29. The van der Waals surface area contributed by atoms with Crippen LogP contribution < -0.4 is 5.32 Å². The molecule has 1 unspecified atom stereocenters. The summed E-state index contributed by atoms with van der Waals surface area (Å²) in [6.07, 6.45) is 2.16. The monoisotopic (exact) mass is 457 g/mol. The highest BCUT2D eigenvalue weighted by molar-refractivity contribution is 7.98. The lowest BCUT2D eigenvalue weighted by Gasteiger charge is -2.14. The normalized spacial score (nSPS) is 15.6. The highest BCUT2D eigenvalue weighted by Gasteiger charge is 2.30. The van der Waals surface area contributed by atoms with Gasteiger partial charge in [0.05, 0.1) is 13.2 Å². The molecule has 1 N–H and O–H groups in total. The minimum Gasteiger partial charge on any atom is -0.455 e. The molecule has 0 spiro atoms. The van der Waals surface area contributed by atoms with Gasteiger partial charge in [-0.1, -0.05) is 41.6 Å². The summed E-state index contributed by atoms with van der Waals surface area (Å²) in [7, 11) is 0. The summed E-state index contributed by atoms with van der Waals surface area (Å²) in [5, 5.41) is 3.83. The Kier molecular flexibility index (Phi) is 6.60. The molecular weight excluding hydrogens is 438 g/mol. The Morgan fingerprint density at radius 3 is 2.58 bits per heavy atom. The topological polar surface area (TPSA) is 82.5 Å². The summed E-state index contributed by atoms with van der Waals surface area (Å²) in [6.45, 7) is 0.902. The number of aromatic nitrogens is 2. The van der Waals surface area contributed by atoms with Crippen LogP contribution >= 0.6 is 23.4 Å². The Bertz CT molecular complexity index is 1080. The molecule has 7 nitrogen and oxygen atoms in total. The number of nitrogens with one attached hydrogen (secondary N) is 1. The van der Waals surface area contributed by atoms with Crippen molar-refractivity contribution in [2.45, 2.75) is 17.7 Å². The van der Waals surface area contributed by atoms with Crippen molar-refractivity contribution in [1.82, 2.24) is 9.55 Å². The van der Waals surface area contributed by atoms with Crippen molar-refractivity contribution in [1.29, 1.82) is 0 Å². The Morgan fingerprint density at radius 2 is 1.94 bits per heavy atom. The zero-order chi connectivity index (χ0) is 21.8. The Balaban J connectivity index is 1.74. The van der Waals surface area contributed by atoms with Crippen molar-refractivity contribution in [2.75, 3.05) is 24.8 Å². The number of benzene rings is 2. The van der Waals surface area contributed by atoms with Crippen LogP contribution in [0.3, 0.4) is 0 Å². The number of carbonyl (C=O) groups is 2. The SMILES string of the molecule is CSc1nc(NC(=O)c2ccc(Cl)cc2)c(C(=O)OC2CCOC2)n1-c1ccccc1. The molecule has 1 atom stereocenters. The van der Waals surface area contributed by atoms with Gasteiger partial charge in [0.1, 0.15) is 6.10 Å². The van der Waals surface area contributed by atoms with Gasteiger partial charge in [0.15, 0.2) is 16.7 Å². The third-order valence-corrected chi connectivity index (χ3v) is 5.63. The molecule has 31 heavy (non-hydrogen) atoms. The van der Waals surface area contributed by atoms with Crippen LogP contribution in [0, 0.1) is 0 Å². The van der Waals surface area contributed by atoms with E-state index in [4.69, 9.17) is 21.1 Å². The second-order valence-corrected chi connectivity index (χ2v) is 8.03. The lowest BCUT2D eigenvalue weighted by atomic mass is 10.2. The van der Waals surface area contributed by atoms with Crippen LogP contribution in [0.15, 0.2) is 59.8 Å². The molecule has 1 saturated heterocycles. The molecule has 1 amide bonds. The van der Waals surface area contributed by atoms with Gasteiger partial charge < -0.3 is 14.8 Å². The van der Waals surface area contributed by atoms with E-state index in [0.717, 1.165) is 5.69 Å². The number of carbonyl (C=O) groups excluding carboxylic acids is 2. The Labute approximate surface area is 188 Å². The first kappa shape index (κ1) is 21.4. The number of nitrogens with zero attached hydrogens (tertiary/aromatic N) is 2. The first-order valence-electron chi connectivity index (χ1n) is 9.64. The summed E-state index contributed by atoms with van der Waals surface area (Å²) in [5.74, 6) is -0.837. The summed E-state index contributed by atoms with van der Waals surface area (Å²) in [4.78, 5) is 30.5. The molecule has 4 rings (SSSR count). The molecule has 1 aliphatic rings. The van der Waals surface area contributed by atoms with Gasteiger partial charge >= 0.3 is 5.97 Å². The van der Waals surface area contributed by atoms with Crippen LogP contribution in [-0.2, 0) is 9.47 Å². The summed E-state index contributed by atoms with van der Waals surface area (Å²) < 4.78 is 12.7. The standard InChI is InChI=1S/C22H20ClN3O4S/c1-31-22-25-19(24-20(27)14-7-9-15(23)10-8-14)18(21(28)30-17-11-12-29-13-17)26(22)16-5-3-2-4-6-16/h2-10,17H,11-13H2,1H3,(H,24,27). The van der Waals surface area contributed by atoms with Crippen molar-refractivity contribution in [3.8, 4) is 5.69 Å². The minimum atomic E-state index is -0.571. The van der Waals surface area contributed by atoms with Gasteiger partial charge in [-0.25, -0.2) is 9.78 Å². The van der Waals surface area contributed by atoms with Crippen molar-refractivity contribution in [2.24, 2.45) is 0 Å². The quantitative estimate of drug-likeness (QED) is 0.435. The predicted molar refractivity (Wildman–Crippen MR) is 119 cm³/mol. The van der Waals surface area contributed by atoms with E-state index in [0.29, 0.717) is 35.4 Å². The molecular formula is C22H20ClN3O4S. The average molecular weight is 458 g/mol. The summed E-state index contributed by atoms with van der Waals surface area (Å²) in [6, 6.07) is 15.8. The van der Waals surface area contributed by atoms with Crippen molar-refractivity contribution >= 4 is 41.1 Å². The number of esters is 1. The number of thioether (sulfide) groups is 1. The van der Waals surface area contributed by atoms with E-state index >= 15 is 0 Å². The highest BCUT2D eigenvalue weighted by atomic mass is 35.5. The number of rotatable bonds is 6. The lowest BCUT2D eigenvalue weighted by Crippen LogP contribution is -2.22. The number of amides is 1. The summed E-state index contributed by atoms with van der Waals surface area (Å²) >= 11 is 7.27. The van der Waals surface area contributed by atoms with E-state index in [-0.39, 0.29) is 17.6 Å². The number of para-hydroxylation sites is 1. The third kappa shape index (κ3) is 4.76. The number of hydrogen-bond acceptors (Lipinski definition) is 6. The van der Waals surface area contributed by atoms with E-state index in [1.807, 2.05) is 36.6 Å². The van der Waals surface area contributed by atoms with Crippen molar-refractivity contribution < 1.29 is 19.1 Å². The Hall–Kier alpha value is -2.81. The molecule has 0 radical (unpaired) electrons. The third-order valence-electron chi connectivity index (χ3n) is 4.74. The van der Waals surface area contributed by atoms with E-state index in [2.05, 4.69) is 10.3 Å². The maximum absolute atomic E-state index is 13.2. The van der Waals surface area contributed by atoms with Gasteiger partial charge in [-0.15, -0.1) is 0 Å². The minimum absolute atomic E-state index is 0.136. The van der Waals surface area contributed by atoms with Crippen LogP contribution in [0.2, 0.25) is 5.02 Å². The van der Waals surface area contributed by atoms with E-state index in [1.54, 1.807) is 28.8 Å². The smallest absolute Gasteiger partial charge is 0.359 e. The molecule has 1 aliphatic heterocycles. The van der Waals surface area contributed by atoms with Gasteiger partial charge in [-0.05, 0) is 42.7 Å². The van der Waals surface area contributed by atoms with E-state index in [1.165, 1.54) is 11.8 Å². The molecule has 1 fully saturated rings. The molecule has 0 aliphatic carbocycles. The number of ether oxygens (including phenoxy) is 2. The van der Waals surface area contributed by atoms with Gasteiger partial charge in [0, 0.05) is 22.7 Å². The highest BCUT2D eigenvalue weighted by Crippen LogP contribution is 2.29. The van der Waals surface area contributed by atoms with Crippen LogP contribution in [0.4, 0.5) is 5.82 Å².